The van der Waals surface area contributed by atoms with Crippen molar-refractivity contribution >= 4 is 11.8 Å². The quantitative estimate of drug-likeness (QED) is 0.578. The smallest absolute Gasteiger partial charge is 0.100 e. The molecule has 0 aromatic carbocycles. The van der Waals surface area contributed by atoms with Crippen molar-refractivity contribution in [1.29, 1.82) is 0 Å². The lowest BCUT2D eigenvalue weighted by Crippen LogP contribution is -2.68. The molecule has 1 atom stereocenters. The van der Waals surface area contributed by atoms with Crippen LogP contribution in [0.2, 0.25) is 0 Å². The molecule has 16 heavy (non-hydrogen) atoms. The molecule has 0 bridgehead atoms. The van der Waals surface area contributed by atoms with Crippen molar-refractivity contribution in [3.63, 3.8) is 0 Å². The van der Waals surface area contributed by atoms with Gasteiger partial charge in [-0.05, 0) is 31.4 Å². The molecule has 0 saturated carbocycles. The molecule has 0 aromatic rings. The van der Waals surface area contributed by atoms with Crippen LogP contribution in [0.15, 0.2) is 11.4 Å². The molecular weight excluding hydrogens is 218 g/mol. The Labute approximate surface area is 101 Å². The minimum Gasteiger partial charge on any atom is -0.372 e. The van der Waals surface area contributed by atoms with Crippen LogP contribution in [0.1, 0.15) is 19.3 Å². The Morgan fingerprint density at radius 2 is 1.62 bits per heavy atom. The van der Waals surface area contributed by atoms with Crippen molar-refractivity contribution in [1.82, 2.24) is 16.0 Å². The number of thioether (sulfide) groups is 1. The first-order valence-corrected chi connectivity index (χ1v) is 7.56. The molecule has 0 radical (unpaired) electrons. The van der Waals surface area contributed by atoms with Crippen LogP contribution in [-0.4, -0.2) is 36.7 Å². The Kier molecular flexibility index (Phi) is 1.87. The molecule has 2 fully saturated rings. The fourth-order valence-electron chi connectivity index (χ4n) is 3.82. The van der Waals surface area contributed by atoms with Crippen LogP contribution in [0, 0.1) is 5.41 Å². The van der Waals surface area contributed by atoms with E-state index in [0.717, 1.165) is 13.1 Å². The SMILES string of the molecule is C1CC2(CSC2)C2=C(N1)NCCC21CCN1. The van der Waals surface area contributed by atoms with Gasteiger partial charge in [0.05, 0.1) is 0 Å². The highest BCUT2D eigenvalue weighted by Crippen LogP contribution is 2.55. The summed E-state index contributed by atoms with van der Waals surface area (Å²) in [6, 6.07) is 0. The standard InChI is InChI=1S/C12H19N3S/c1-4-13-10-9(11(1)7-16-8-11)12(2-5-14-10)3-6-15-12/h13-15H,1-8H2. The van der Waals surface area contributed by atoms with E-state index in [0.29, 0.717) is 11.0 Å². The predicted octanol–water partition coefficient (Wildman–Crippen LogP) is 0.650. The molecule has 0 aliphatic carbocycles. The van der Waals surface area contributed by atoms with Gasteiger partial charge < -0.3 is 16.0 Å². The predicted molar refractivity (Wildman–Crippen MR) is 67.4 cm³/mol. The molecule has 2 saturated heterocycles. The number of rotatable bonds is 0. The third kappa shape index (κ3) is 1.05. The minimum atomic E-state index is 0.370. The zero-order valence-electron chi connectivity index (χ0n) is 9.57. The second-order valence-electron chi connectivity index (χ2n) is 5.64. The summed E-state index contributed by atoms with van der Waals surface area (Å²) in [5.41, 5.74) is 2.61. The molecule has 1 unspecified atom stereocenters. The Hall–Kier alpha value is -0.350. The Bertz CT molecular complexity index is 323. The summed E-state index contributed by atoms with van der Waals surface area (Å²) in [6.07, 6.45) is 3.96. The minimum absolute atomic E-state index is 0.370. The summed E-state index contributed by atoms with van der Waals surface area (Å²) >= 11 is 2.12. The van der Waals surface area contributed by atoms with Crippen molar-refractivity contribution in [3.05, 3.63) is 11.4 Å². The van der Waals surface area contributed by atoms with E-state index in [1.807, 2.05) is 0 Å². The van der Waals surface area contributed by atoms with Crippen LogP contribution < -0.4 is 16.0 Å². The van der Waals surface area contributed by atoms with Gasteiger partial charge in [-0.1, -0.05) is 0 Å². The summed E-state index contributed by atoms with van der Waals surface area (Å²) in [5, 5.41) is 10.9. The molecule has 4 rings (SSSR count). The van der Waals surface area contributed by atoms with Gasteiger partial charge in [0.1, 0.15) is 5.82 Å². The molecule has 4 heteroatoms. The molecule has 3 nitrogen and oxygen atoms in total. The summed E-state index contributed by atoms with van der Waals surface area (Å²) < 4.78 is 0. The van der Waals surface area contributed by atoms with E-state index in [2.05, 4.69) is 27.7 Å². The lowest BCUT2D eigenvalue weighted by molar-refractivity contribution is 0.161. The van der Waals surface area contributed by atoms with Crippen LogP contribution >= 0.6 is 11.8 Å². The number of fused-ring (bicyclic) bond motifs is 2. The highest BCUT2D eigenvalue weighted by molar-refractivity contribution is 8.00. The summed E-state index contributed by atoms with van der Waals surface area (Å²) in [4.78, 5) is 0. The maximum atomic E-state index is 3.74. The average Bonchev–Trinajstić information content (AvgIpc) is 2.23. The van der Waals surface area contributed by atoms with Crippen molar-refractivity contribution in [2.24, 2.45) is 5.41 Å². The monoisotopic (exact) mass is 237 g/mol. The Morgan fingerprint density at radius 1 is 0.938 bits per heavy atom. The molecule has 3 N–H and O–H groups in total. The van der Waals surface area contributed by atoms with Crippen LogP contribution in [0.5, 0.6) is 0 Å². The Balaban J connectivity index is 1.81. The van der Waals surface area contributed by atoms with Gasteiger partial charge in [0, 0.05) is 35.5 Å². The van der Waals surface area contributed by atoms with Gasteiger partial charge in [0.15, 0.2) is 0 Å². The summed E-state index contributed by atoms with van der Waals surface area (Å²) in [6.45, 7) is 3.49. The van der Waals surface area contributed by atoms with E-state index in [9.17, 15) is 0 Å². The van der Waals surface area contributed by atoms with Crippen molar-refractivity contribution in [2.75, 3.05) is 31.1 Å². The van der Waals surface area contributed by atoms with E-state index in [1.54, 1.807) is 5.57 Å². The van der Waals surface area contributed by atoms with Crippen LogP contribution in [-0.2, 0) is 0 Å². The first-order chi connectivity index (χ1) is 7.85. The fourth-order valence-corrected chi connectivity index (χ4v) is 5.09. The Morgan fingerprint density at radius 3 is 2.19 bits per heavy atom. The molecule has 88 valence electrons. The van der Waals surface area contributed by atoms with Gasteiger partial charge >= 0.3 is 0 Å². The molecular formula is C12H19N3S. The molecule has 0 aromatic heterocycles. The van der Waals surface area contributed by atoms with Crippen molar-refractivity contribution in [3.8, 4) is 0 Å². The van der Waals surface area contributed by atoms with E-state index >= 15 is 0 Å². The molecule has 4 heterocycles. The van der Waals surface area contributed by atoms with E-state index in [-0.39, 0.29) is 0 Å². The van der Waals surface area contributed by atoms with Crippen LogP contribution in [0.3, 0.4) is 0 Å². The molecule has 2 spiro atoms. The summed E-state index contributed by atoms with van der Waals surface area (Å²) in [7, 11) is 0. The van der Waals surface area contributed by atoms with Crippen molar-refractivity contribution in [2.45, 2.75) is 24.8 Å². The largest absolute Gasteiger partial charge is 0.372 e. The van der Waals surface area contributed by atoms with Gasteiger partial charge in [-0.3, -0.25) is 0 Å². The molecule has 4 aliphatic rings. The zero-order chi connectivity index (χ0) is 10.6. The first kappa shape index (κ1) is 9.66. The van der Waals surface area contributed by atoms with E-state index in [4.69, 9.17) is 0 Å². The zero-order valence-corrected chi connectivity index (χ0v) is 10.4. The fraction of sp³-hybridized carbons (Fsp3) is 0.833. The van der Waals surface area contributed by atoms with Crippen molar-refractivity contribution < 1.29 is 0 Å². The van der Waals surface area contributed by atoms with Crippen LogP contribution in [0.4, 0.5) is 0 Å². The van der Waals surface area contributed by atoms with Gasteiger partial charge in [-0.2, -0.15) is 11.8 Å². The van der Waals surface area contributed by atoms with E-state index < -0.39 is 0 Å². The van der Waals surface area contributed by atoms with Gasteiger partial charge in [0.2, 0.25) is 0 Å². The number of nitrogens with one attached hydrogen (secondary N) is 3. The topological polar surface area (TPSA) is 36.1 Å². The second-order valence-corrected chi connectivity index (χ2v) is 6.62. The molecule has 4 aliphatic heterocycles. The lowest BCUT2D eigenvalue weighted by atomic mass is 9.63. The molecule has 0 amide bonds. The number of hydrogen-bond donors (Lipinski definition) is 3. The maximum absolute atomic E-state index is 3.74. The number of hydrogen-bond acceptors (Lipinski definition) is 4. The van der Waals surface area contributed by atoms with Crippen LogP contribution in [0.25, 0.3) is 0 Å². The van der Waals surface area contributed by atoms with Gasteiger partial charge in [-0.25, -0.2) is 0 Å². The van der Waals surface area contributed by atoms with E-state index in [1.165, 1.54) is 43.1 Å². The van der Waals surface area contributed by atoms with Gasteiger partial charge in [0.25, 0.3) is 0 Å². The third-order valence-corrected chi connectivity index (χ3v) is 6.30. The normalized spacial score (nSPS) is 39.5. The second kappa shape index (κ2) is 3.10. The lowest BCUT2D eigenvalue weighted by Gasteiger charge is -2.59. The highest BCUT2D eigenvalue weighted by atomic mass is 32.2. The first-order valence-electron chi connectivity index (χ1n) is 6.41. The average molecular weight is 237 g/mol. The maximum Gasteiger partial charge on any atom is 0.100 e. The summed E-state index contributed by atoms with van der Waals surface area (Å²) in [5.74, 6) is 4.07. The highest BCUT2D eigenvalue weighted by Gasteiger charge is 2.55. The third-order valence-electron chi connectivity index (χ3n) is 4.79. The van der Waals surface area contributed by atoms with Gasteiger partial charge in [-0.15, -0.1) is 0 Å².